The molecule has 3 aliphatic rings. The first-order chi connectivity index (χ1) is 14.9. The van der Waals surface area contributed by atoms with Crippen LogP contribution in [0.5, 0.6) is 0 Å². The quantitative estimate of drug-likeness (QED) is 0.652. The molecule has 31 heavy (non-hydrogen) atoms. The fourth-order valence-electron chi connectivity index (χ4n) is 4.70. The van der Waals surface area contributed by atoms with E-state index in [1.807, 2.05) is 4.90 Å². The minimum absolute atomic E-state index is 0.0265. The summed E-state index contributed by atoms with van der Waals surface area (Å²) in [5, 5.41) is 8.05. The van der Waals surface area contributed by atoms with Gasteiger partial charge in [0.15, 0.2) is 0 Å². The van der Waals surface area contributed by atoms with Crippen molar-refractivity contribution in [2.75, 3.05) is 31.5 Å². The zero-order valence-corrected chi connectivity index (χ0v) is 17.2. The number of likely N-dealkylation sites (tertiary alicyclic amines) is 1. The van der Waals surface area contributed by atoms with E-state index in [-0.39, 0.29) is 35.6 Å². The molecule has 4 rings (SSSR count). The van der Waals surface area contributed by atoms with E-state index in [0.717, 1.165) is 38.1 Å². The number of nitrogens with zero attached hydrogens (tertiary/aromatic N) is 2. The number of hydrogen-bond acceptors (Lipinski definition) is 4. The third kappa shape index (κ3) is 4.95. The summed E-state index contributed by atoms with van der Waals surface area (Å²) in [7, 11) is 0. The summed E-state index contributed by atoms with van der Waals surface area (Å²) in [6.07, 6.45) is 3.62. The predicted molar refractivity (Wildman–Crippen MR) is 109 cm³/mol. The van der Waals surface area contributed by atoms with Crippen molar-refractivity contribution in [3.8, 4) is 0 Å². The Balaban J connectivity index is 1.31. The van der Waals surface area contributed by atoms with Crippen molar-refractivity contribution in [2.45, 2.75) is 50.2 Å². The maximum absolute atomic E-state index is 13.8. The monoisotopic (exact) mass is 435 g/mol. The number of fused-ring (bicyclic) bond motifs is 1. The first kappa shape index (κ1) is 21.5. The van der Waals surface area contributed by atoms with Gasteiger partial charge < -0.3 is 20.9 Å². The van der Waals surface area contributed by atoms with Crippen LogP contribution in [0.4, 0.5) is 19.3 Å². The van der Waals surface area contributed by atoms with Crippen LogP contribution in [0.2, 0.25) is 0 Å². The molecular weight excluding hydrogens is 408 g/mol. The van der Waals surface area contributed by atoms with Gasteiger partial charge in [0.2, 0.25) is 11.8 Å². The Morgan fingerprint density at radius 2 is 1.97 bits per heavy atom. The van der Waals surface area contributed by atoms with E-state index in [2.05, 4.69) is 20.9 Å². The lowest BCUT2D eigenvalue weighted by atomic mass is 10.0. The Morgan fingerprint density at radius 3 is 2.71 bits per heavy atom. The fraction of sp³-hybridized carbons (Fsp3) is 0.571. The van der Waals surface area contributed by atoms with Gasteiger partial charge in [-0.1, -0.05) is 0 Å². The molecule has 8 nitrogen and oxygen atoms in total. The van der Waals surface area contributed by atoms with Crippen molar-refractivity contribution in [3.63, 3.8) is 0 Å². The van der Waals surface area contributed by atoms with Crippen LogP contribution in [0.25, 0.3) is 0 Å². The largest absolute Gasteiger partial charge is 0.353 e. The molecule has 3 fully saturated rings. The Labute approximate surface area is 179 Å². The minimum Gasteiger partial charge on any atom is -0.353 e. The molecule has 3 saturated heterocycles. The maximum Gasteiger partial charge on any atom is 0.319 e. The molecule has 0 aliphatic carbocycles. The van der Waals surface area contributed by atoms with Crippen LogP contribution in [0.1, 0.15) is 32.1 Å². The first-order valence-electron chi connectivity index (χ1n) is 10.7. The number of nitrogens with one attached hydrogen (secondary N) is 3. The molecule has 3 heterocycles. The van der Waals surface area contributed by atoms with E-state index >= 15 is 0 Å². The lowest BCUT2D eigenvalue weighted by molar-refractivity contribution is -0.131. The van der Waals surface area contributed by atoms with Crippen molar-refractivity contribution < 1.29 is 23.2 Å². The number of benzene rings is 1. The van der Waals surface area contributed by atoms with Gasteiger partial charge in [-0.2, -0.15) is 0 Å². The van der Waals surface area contributed by atoms with Crippen LogP contribution in [-0.2, 0) is 9.59 Å². The molecular formula is C21H27F2N5O3. The first-order valence-corrected chi connectivity index (χ1v) is 10.7. The molecule has 0 bridgehead atoms. The standard InChI is InChI=1S/C21H27F2N5O3/c22-13-3-5-17(16(23)9-13)26-21(31)25-14-10-18-20(30)24-11-15(28(18)12-14)4-6-19(29)27-7-1-2-8-27/h3,5,9,14-15,18H,1-2,4,6-8,10-12H2,(H,24,30)(H2,25,26,31)/t14-,15+,18-/m0/s1. The topological polar surface area (TPSA) is 93.8 Å². The molecule has 0 saturated carbocycles. The molecule has 3 N–H and O–H groups in total. The highest BCUT2D eigenvalue weighted by Gasteiger charge is 2.43. The van der Waals surface area contributed by atoms with Crippen molar-refractivity contribution >= 4 is 23.5 Å². The number of urea groups is 1. The third-order valence-electron chi connectivity index (χ3n) is 6.29. The molecule has 0 radical (unpaired) electrons. The Morgan fingerprint density at radius 1 is 1.19 bits per heavy atom. The zero-order valence-electron chi connectivity index (χ0n) is 17.2. The highest BCUT2D eigenvalue weighted by atomic mass is 19.1. The van der Waals surface area contributed by atoms with E-state index < -0.39 is 17.7 Å². The maximum atomic E-state index is 13.8. The number of hydrogen-bond donors (Lipinski definition) is 3. The van der Waals surface area contributed by atoms with Gasteiger partial charge in [-0.15, -0.1) is 0 Å². The van der Waals surface area contributed by atoms with Gasteiger partial charge in [-0.25, -0.2) is 13.6 Å². The van der Waals surface area contributed by atoms with E-state index in [4.69, 9.17) is 0 Å². The van der Waals surface area contributed by atoms with Gasteiger partial charge in [0.1, 0.15) is 11.6 Å². The van der Waals surface area contributed by atoms with Gasteiger partial charge in [0, 0.05) is 50.7 Å². The summed E-state index contributed by atoms with van der Waals surface area (Å²) in [6.45, 7) is 2.59. The van der Waals surface area contributed by atoms with Gasteiger partial charge in [-0.3, -0.25) is 14.5 Å². The summed E-state index contributed by atoms with van der Waals surface area (Å²) in [4.78, 5) is 40.9. The molecule has 3 aliphatic heterocycles. The van der Waals surface area contributed by atoms with Crippen LogP contribution in [0.15, 0.2) is 18.2 Å². The number of halogens is 2. The summed E-state index contributed by atoms with van der Waals surface area (Å²) >= 11 is 0. The second-order valence-electron chi connectivity index (χ2n) is 8.39. The predicted octanol–water partition coefficient (Wildman–Crippen LogP) is 1.43. The number of rotatable bonds is 5. The van der Waals surface area contributed by atoms with Gasteiger partial charge in [0.05, 0.1) is 11.7 Å². The molecule has 4 amide bonds. The minimum atomic E-state index is -0.860. The normalized spacial score (nSPS) is 25.8. The molecule has 1 aromatic carbocycles. The smallest absolute Gasteiger partial charge is 0.319 e. The van der Waals surface area contributed by atoms with Crippen molar-refractivity contribution in [1.29, 1.82) is 0 Å². The highest BCUT2D eigenvalue weighted by molar-refractivity contribution is 5.90. The lowest BCUT2D eigenvalue weighted by Gasteiger charge is -2.37. The van der Waals surface area contributed by atoms with E-state index in [1.54, 1.807) is 0 Å². The molecule has 0 aromatic heterocycles. The SMILES string of the molecule is O=C(Nc1ccc(F)cc1F)N[C@H]1C[C@H]2C(=O)NC[C@@H](CCC(=O)N3CCCC3)N2C1. The van der Waals surface area contributed by atoms with Gasteiger partial charge in [0.25, 0.3) is 0 Å². The molecule has 3 atom stereocenters. The summed E-state index contributed by atoms with van der Waals surface area (Å²) in [5.41, 5.74) is -0.120. The number of carbonyl (C=O) groups excluding carboxylic acids is 3. The van der Waals surface area contributed by atoms with Crippen molar-refractivity contribution in [1.82, 2.24) is 20.4 Å². The van der Waals surface area contributed by atoms with Crippen LogP contribution in [0.3, 0.4) is 0 Å². The summed E-state index contributed by atoms with van der Waals surface area (Å²) in [6, 6.07) is 1.66. The van der Waals surface area contributed by atoms with E-state index in [0.29, 0.717) is 38.4 Å². The number of anilines is 1. The van der Waals surface area contributed by atoms with Crippen LogP contribution in [-0.4, -0.2) is 71.9 Å². The molecule has 0 spiro atoms. The second kappa shape index (κ2) is 9.17. The fourth-order valence-corrected chi connectivity index (χ4v) is 4.70. The second-order valence-corrected chi connectivity index (χ2v) is 8.39. The third-order valence-corrected chi connectivity index (χ3v) is 6.29. The average Bonchev–Trinajstić information content (AvgIpc) is 3.40. The number of amides is 4. The molecule has 168 valence electrons. The summed E-state index contributed by atoms with van der Waals surface area (Å²) < 4.78 is 26.8. The molecule has 10 heteroatoms. The van der Waals surface area contributed by atoms with Gasteiger partial charge >= 0.3 is 6.03 Å². The van der Waals surface area contributed by atoms with Gasteiger partial charge in [-0.05, 0) is 37.8 Å². The van der Waals surface area contributed by atoms with Crippen LogP contribution in [0, 0.1) is 11.6 Å². The average molecular weight is 435 g/mol. The highest BCUT2D eigenvalue weighted by Crippen LogP contribution is 2.26. The van der Waals surface area contributed by atoms with E-state index in [1.165, 1.54) is 0 Å². The Bertz CT molecular complexity index is 861. The van der Waals surface area contributed by atoms with Crippen molar-refractivity contribution in [3.05, 3.63) is 29.8 Å². The zero-order chi connectivity index (χ0) is 22.0. The molecule has 0 unspecified atom stereocenters. The number of piperazine rings is 1. The lowest BCUT2D eigenvalue weighted by Crippen LogP contribution is -2.58. The van der Waals surface area contributed by atoms with Crippen LogP contribution < -0.4 is 16.0 Å². The van der Waals surface area contributed by atoms with E-state index in [9.17, 15) is 23.2 Å². The Hall–Kier alpha value is -2.75. The summed E-state index contributed by atoms with van der Waals surface area (Å²) in [5.74, 6) is -1.52. The molecule has 1 aromatic rings. The Kier molecular flexibility index (Phi) is 6.35. The van der Waals surface area contributed by atoms with Crippen LogP contribution >= 0.6 is 0 Å². The van der Waals surface area contributed by atoms with Crippen molar-refractivity contribution in [2.24, 2.45) is 0 Å². The number of carbonyl (C=O) groups is 3.